The molecular weight excluding hydrogens is 204 g/mol. The largest absolute Gasteiger partial charge is 0.505 e. The molecule has 84 valence electrons. The Morgan fingerprint density at radius 2 is 2.44 bits per heavy atom. The molecule has 0 aromatic carbocycles. The number of carbonyl (C=O) groups is 1. The first-order valence-electron chi connectivity index (χ1n) is 5.30. The number of rotatable bonds is 4. The summed E-state index contributed by atoms with van der Waals surface area (Å²) in [6.45, 7) is 4.13. The minimum atomic E-state index is -0.222. The van der Waals surface area contributed by atoms with Crippen molar-refractivity contribution >= 4 is 5.91 Å². The van der Waals surface area contributed by atoms with Crippen LogP contribution in [0.3, 0.4) is 0 Å². The first-order chi connectivity index (χ1) is 7.74. The maximum absolute atomic E-state index is 12.1. The van der Waals surface area contributed by atoms with Gasteiger partial charge in [0, 0.05) is 18.8 Å². The lowest BCUT2D eigenvalue weighted by atomic mass is 10.2. The summed E-state index contributed by atoms with van der Waals surface area (Å²) < 4.78 is 0. The van der Waals surface area contributed by atoms with E-state index in [1.54, 1.807) is 17.0 Å². The van der Waals surface area contributed by atoms with Crippen molar-refractivity contribution in [2.45, 2.75) is 18.9 Å². The number of amides is 1. The molecule has 1 fully saturated rings. The summed E-state index contributed by atoms with van der Waals surface area (Å²) in [5, 5.41) is 9.56. The van der Waals surface area contributed by atoms with Gasteiger partial charge in [-0.05, 0) is 25.0 Å². The number of hydrogen-bond donors (Lipinski definition) is 1. The number of nitrogens with zero attached hydrogens (tertiary/aromatic N) is 2. The van der Waals surface area contributed by atoms with E-state index in [1.165, 1.54) is 12.3 Å². The minimum Gasteiger partial charge on any atom is -0.505 e. The van der Waals surface area contributed by atoms with E-state index < -0.39 is 0 Å². The van der Waals surface area contributed by atoms with Gasteiger partial charge in [0.2, 0.25) is 0 Å². The van der Waals surface area contributed by atoms with E-state index in [0.717, 1.165) is 12.8 Å². The molecular formula is C12H14N2O2. The van der Waals surface area contributed by atoms with Gasteiger partial charge in [-0.25, -0.2) is 4.98 Å². The molecule has 0 radical (unpaired) electrons. The molecule has 4 heteroatoms. The Labute approximate surface area is 94.2 Å². The molecule has 1 amide bonds. The van der Waals surface area contributed by atoms with E-state index in [4.69, 9.17) is 0 Å². The Bertz CT molecular complexity index is 413. The second-order valence-corrected chi connectivity index (χ2v) is 3.85. The third-order valence-corrected chi connectivity index (χ3v) is 2.56. The number of hydrogen-bond acceptors (Lipinski definition) is 3. The van der Waals surface area contributed by atoms with Crippen LogP contribution in [0.4, 0.5) is 0 Å². The van der Waals surface area contributed by atoms with Gasteiger partial charge in [-0.2, -0.15) is 0 Å². The smallest absolute Gasteiger partial charge is 0.276 e. The van der Waals surface area contributed by atoms with Gasteiger partial charge >= 0.3 is 0 Å². The highest BCUT2D eigenvalue weighted by molar-refractivity contribution is 5.95. The van der Waals surface area contributed by atoms with Crippen LogP contribution in [0.2, 0.25) is 0 Å². The molecule has 0 aliphatic heterocycles. The average molecular weight is 218 g/mol. The summed E-state index contributed by atoms with van der Waals surface area (Å²) in [7, 11) is 0. The third-order valence-electron chi connectivity index (χ3n) is 2.56. The molecule has 1 N–H and O–H groups in total. The highest BCUT2D eigenvalue weighted by atomic mass is 16.3. The summed E-state index contributed by atoms with van der Waals surface area (Å²) >= 11 is 0. The molecule has 4 nitrogen and oxygen atoms in total. The van der Waals surface area contributed by atoms with E-state index >= 15 is 0 Å². The van der Waals surface area contributed by atoms with E-state index in [-0.39, 0.29) is 23.4 Å². The van der Waals surface area contributed by atoms with E-state index in [0.29, 0.717) is 6.54 Å². The molecule has 2 rings (SSSR count). The molecule has 1 heterocycles. The van der Waals surface area contributed by atoms with E-state index in [2.05, 4.69) is 11.6 Å². The highest BCUT2D eigenvalue weighted by Gasteiger charge is 2.33. The zero-order valence-corrected chi connectivity index (χ0v) is 8.97. The Balaban J connectivity index is 2.22. The lowest BCUT2D eigenvalue weighted by Gasteiger charge is -2.20. The summed E-state index contributed by atoms with van der Waals surface area (Å²) in [5.41, 5.74) is 0.122. The highest BCUT2D eigenvalue weighted by Crippen LogP contribution is 2.29. The van der Waals surface area contributed by atoms with Crippen LogP contribution >= 0.6 is 0 Å². The standard InChI is InChI=1S/C12H14N2O2/c1-2-8-14(9-5-6-9)12(16)11-10(15)4-3-7-13-11/h2-4,7,9,15H,1,5-6,8H2. The predicted molar refractivity (Wildman–Crippen MR) is 60.2 cm³/mol. The average Bonchev–Trinajstić information content (AvgIpc) is 3.09. The minimum absolute atomic E-state index is 0.0674. The van der Waals surface area contributed by atoms with Crippen LogP contribution in [-0.4, -0.2) is 33.5 Å². The van der Waals surface area contributed by atoms with Crippen LogP contribution in [-0.2, 0) is 0 Å². The quantitative estimate of drug-likeness (QED) is 0.780. The van der Waals surface area contributed by atoms with E-state index in [9.17, 15) is 9.90 Å². The third kappa shape index (κ3) is 2.05. The molecule has 1 aliphatic rings. The fourth-order valence-electron chi connectivity index (χ4n) is 1.62. The van der Waals surface area contributed by atoms with Crippen molar-refractivity contribution in [3.05, 3.63) is 36.7 Å². The molecule has 0 bridgehead atoms. The monoisotopic (exact) mass is 218 g/mol. The van der Waals surface area contributed by atoms with Crippen LogP contribution in [0.5, 0.6) is 5.75 Å². The van der Waals surface area contributed by atoms with Crippen molar-refractivity contribution < 1.29 is 9.90 Å². The second kappa shape index (κ2) is 4.35. The lowest BCUT2D eigenvalue weighted by molar-refractivity contribution is 0.0753. The first-order valence-corrected chi connectivity index (χ1v) is 5.30. The van der Waals surface area contributed by atoms with Crippen molar-refractivity contribution in [2.75, 3.05) is 6.54 Å². The molecule has 1 aliphatic carbocycles. The van der Waals surface area contributed by atoms with Crippen LogP contribution < -0.4 is 0 Å². The summed E-state index contributed by atoms with van der Waals surface area (Å²) in [6.07, 6.45) is 5.24. The Morgan fingerprint density at radius 1 is 1.69 bits per heavy atom. The number of aromatic hydroxyl groups is 1. The Kier molecular flexibility index (Phi) is 2.90. The Hall–Kier alpha value is -1.84. The van der Waals surface area contributed by atoms with Crippen LogP contribution in [0.1, 0.15) is 23.3 Å². The summed E-state index contributed by atoms with van der Waals surface area (Å²) in [6, 6.07) is 3.35. The fourth-order valence-corrected chi connectivity index (χ4v) is 1.62. The SMILES string of the molecule is C=CCN(C(=O)c1ncccc1O)C1CC1. The van der Waals surface area contributed by atoms with Gasteiger partial charge in [-0.3, -0.25) is 4.79 Å². The predicted octanol–water partition coefficient (Wildman–Crippen LogP) is 1.58. The van der Waals surface area contributed by atoms with E-state index in [1.807, 2.05) is 0 Å². The van der Waals surface area contributed by atoms with Crippen LogP contribution in [0, 0.1) is 0 Å². The molecule has 0 atom stereocenters. The number of carbonyl (C=O) groups excluding carboxylic acids is 1. The molecule has 1 aromatic heterocycles. The molecule has 16 heavy (non-hydrogen) atoms. The van der Waals surface area contributed by atoms with Gasteiger partial charge in [-0.1, -0.05) is 6.08 Å². The van der Waals surface area contributed by atoms with Crippen molar-refractivity contribution in [1.29, 1.82) is 0 Å². The first kappa shape index (κ1) is 10.7. The summed E-state index contributed by atoms with van der Waals surface area (Å²) in [5.74, 6) is -0.289. The zero-order valence-electron chi connectivity index (χ0n) is 8.97. The maximum Gasteiger partial charge on any atom is 0.276 e. The van der Waals surface area contributed by atoms with Gasteiger partial charge in [0.05, 0.1) is 0 Å². The van der Waals surface area contributed by atoms with Gasteiger partial charge in [0.1, 0.15) is 5.75 Å². The zero-order chi connectivity index (χ0) is 11.5. The molecule has 1 aromatic rings. The second-order valence-electron chi connectivity index (χ2n) is 3.85. The molecule has 0 unspecified atom stereocenters. The topological polar surface area (TPSA) is 53.4 Å². The fraction of sp³-hybridized carbons (Fsp3) is 0.333. The van der Waals surface area contributed by atoms with Crippen LogP contribution in [0.15, 0.2) is 31.0 Å². The van der Waals surface area contributed by atoms with Crippen molar-refractivity contribution in [3.63, 3.8) is 0 Å². The van der Waals surface area contributed by atoms with Crippen molar-refractivity contribution in [2.24, 2.45) is 0 Å². The molecule has 0 saturated heterocycles. The number of pyridine rings is 1. The normalized spacial score (nSPS) is 14.5. The van der Waals surface area contributed by atoms with Gasteiger partial charge < -0.3 is 10.0 Å². The van der Waals surface area contributed by atoms with Gasteiger partial charge in [0.15, 0.2) is 5.69 Å². The maximum atomic E-state index is 12.1. The lowest BCUT2D eigenvalue weighted by Crippen LogP contribution is -2.33. The Morgan fingerprint density at radius 3 is 3.00 bits per heavy atom. The molecule has 0 spiro atoms. The van der Waals surface area contributed by atoms with Crippen molar-refractivity contribution in [3.8, 4) is 5.75 Å². The summed E-state index contributed by atoms with van der Waals surface area (Å²) in [4.78, 5) is 17.7. The number of aromatic nitrogens is 1. The van der Waals surface area contributed by atoms with Crippen molar-refractivity contribution in [1.82, 2.24) is 9.88 Å². The molecule has 1 saturated carbocycles. The van der Waals surface area contributed by atoms with Crippen LogP contribution in [0.25, 0.3) is 0 Å². The van der Waals surface area contributed by atoms with Gasteiger partial charge in [-0.15, -0.1) is 6.58 Å². The van der Waals surface area contributed by atoms with Gasteiger partial charge in [0.25, 0.3) is 5.91 Å².